The standard InChI is InChI=1S/C22H30N2O3.ClH/c1-15-8-6-7-9-17(15)12-19(24-22(25)16(2)14-23-3)18-10-11-20(26-4)21(13-18)27-5;/h6-11,13,16,19,23H,12,14H2,1-5H3,(H,24,25);1H. The second-order valence-corrected chi connectivity index (χ2v) is 6.76. The molecule has 0 aromatic heterocycles. The highest BCUT2D eigenvalue weighted by Crippen LogP contribution is 2.31. The first-order valence-corrected chi connectivity index (χ1v) is 9.21. The molecule has 28 heavy (non-hydrogen) atoms. The van der Waals surface area contributed by atoms with Gasteiger partial charge >= 0.3 is 0 Å². The van der Waals surface area contributed by atoms with Crippen molar-refractivity contribution in [2.75, 3.05) is 27.8 Å². The fourth-order valence-electron chi connectivity index (χ4n) is 3.09. The SMILES string of the molecule is CNCC(C)C(=O)NC(Cc1ccccc1C)c1ccc(OC)c(OC)c1.Cl. The summed E-state index contributed by atoms with van der Waals surface area (Å²) in [5, 5.41) is 6.26. The van der Waals surface area contributed by atoms with Crippen LogP contribution in [-0.2, 0) is 11.2 Å². The average Bonchev–Trinajstić information content (AvgIpc) is 2.68. The zero-order chi connectivity index (χ0) is 19.8. The van der Waals surface area contributed by atoms with Gasteiger partial charge in [0.2, 0.25) is 5.91 Å². The molecule has 0 aliphatic rings. The number of hydrogen-bond acceptors (Lipinski definition) is 4. The Balaban J connectivity index is 0.00000392. The molecule has 2 atom stereocenters. The van der Waals surface area contributed by atoms with Gasteiger partial charge in [0, 0.05) is 12.5 Å². The number of carbonyl (C=O) groups is 1. The third-order valence-electron chi connectivity index (χ3n) is 4.77. The minimum Gasteiger partial charge on any atom is -0.493 e. The van der Waals surface area contributed by atoms with Crippen molar-refractivity contribution in [3.8, 4) is 11.5 Å². The molecule has 2 N–H and O–H groups in total. The van der Waals surface area contributed by atoms with Crippen LogP contribution in [0.2, 0.25) is 0 Å². The van der Waals surface area contributed by atoms with E-state index in [1.54, 1.807) is 14.2 Å². The predicted octanol–water partition coefficient (Wildman–Crippen LogP) is 3.69. The number of ether oxygens (including phenoxy) is 2. The molecule has 2 unspecified atom stereocenters. The number of amides is 1. The van der Waals surface area contributed by atoms with Crippen LogP contribution < -0.4 is 20.1 Å². The molecular weight excluding hydrogens is 376 g/mol. The number of aryl methyl sites for hydroxylation is 1. The minimum absolute atomic E-state index is 0. The normalized spacial score (nSPS) is 12.5. The number of halogens is 1. The van der Waals surface area contributed by atoms with Crippen molar-refractivity contribution in [3.05, 3.63) is 59.2 Å². The Morgan fingerprint density at radius 2 is 1.75 bits per heavy atom. The van der Waals surface area contributed by atoms with E-state index in [-0.39, 0.29) is 30.3 Å². The zero-order valence-corrected chi connectivity index (χ0v) is 18.1. The third-order valence-corrected chi connectivity index (χ3v) is 4.77. The lowest BCUT2D eigenvalue weighted by Crippen LogP contribution is -2.37. The summed E-state index contributed by atoms with van der Waals surface area (Å²) >= 11 is 0. The van der Waals surface area contributed by atoms with Gasteiger partial charge in [-0.15, -0.1) is 12.4 Å². The topological polar surface area (TPSA) is 59.6 Å². The predicted molar refractivity (Wildman–Crippen MR) is 116 cm³/mol. The average molecular weight is 407 g/mol. The van der Waals surface area contributed by atoms with E-state index in [9.17, 15) is 4.79 Å². The first-order valence-electron chi connectivity index (χ1n) is 9.21. The van der Waals surface area contributed by atoms with Gasteiger partial charge in [0.1, 0.15) is 0 Å². The first kappa shape index (κ1) is 23.8. The van der Waals surface area contributed by atoms with Gasteiger partial charge in [0.15, 0.2) is 11.5 Å². The number of carbonyl (C=O) groups excluding carboxylic acids is 1. The maximum Gasteiger partial charge on any atom is 0.224 e. The molecule has 0 spiro atoms. The molecule has 0 bridgehead atoms. The van der Waals surface area contributed by atoms with Crippen LogP contribution in [0.4, 0.5) is 0 Å². The van der Waals surface area contributed by atoms with Gasteiger partial charge in [0.25, 0.3) is 0 Å². The summed E-state index contributed by atoms with van der Waals surface area (Å²) in [4.78, 5) is 12.7. The Morgan fingerprint density at radius 1 is 1.07 bits per heavy atom. The number of nitrogens with one attached hydrogen (secondary N) is 2. The van der Waals surface area contributed by atoms with Gasteiger partial charge in [-0.3, -0.25) is 4.79 Å². The zero-order valence-electron chi connectivity index (χ0n) is 17.2. The molecule has 2 aromatic carbocycles. The van der Waals surface area contributed by atoms with Crippen LogP contribution in [0.5, 0.6) is 11.5 Å². The van der Waals surface area contributed by atoms with Gasteiger partial charge in [-0.1, -0.05) is 37.3 Å². The van der Waals surface area contributed by atoms with Gasteiger partial charge < -0.3 is 20.1 Å². The summed E-state index contributed by atoms with van der Waals surface area (Å²) < 4.78 is 10.8. The Kier molecular flexibility index (Phi) is 9.83. The van der Waals surface area contributed by atoms with Crippen molar-refractivity contribution in [2.45, 2.75) is 26.3 Å². The van der Waals surface area contributed by atoms with Crippen molar-refractivity contribution < 1.29 is 14.3 Å². The van der Waals surface area contributed by atoms with E-state index < -0.39 is 0 Å². The van der Waals surface area contributed by atoms with Gasteiger partial charge in [0.05, 0.1) is 20.3 Å². The molecule has 0 fully saturated rings. The molecule has 5 nitrogen and oxygen atoms in total. The van der Waals surface area contributed by atoms with E-state index in [1.807, 2.05) is 44.3 Å². The monoisotopic (exact) mass is 406 g/mol. The Bertz CT molecular complexity index is 767. The van der Waals surface area contributed by atoms with E-state index in [1.165, 1.54) is 11.1 Å². The molecule has 0 aliphatic heterocycles. The molecule has 0 saturated carbocycles. The second kappa shape index (κ2) is 11.6. The van der Waals surface area contributed by atoms with Gasteiger partial charge in [-0.05, 0) is 49.2 Å². The highest BCUT2D eigenvalue weighted by Gasteiger charge is 2.21. The highest BCUT2D eigenvalue weighted by atomic mass is 35.5. The maximum absolute atomic E-state index is 12.7. The van der Waals surface area contributed by atoms with Crippen LogP contribution in [0.1, 0.15) is 29.7 Å². The molecule has 6 heteroatoms. The third kappa shape index (κ3) is 6.14. The van der Waals surface area contributed by atoms with Crippen LogP contribution in [0.25, 0.3) is 0 Å². The fourth-order valence-corrected chi connectivity index (χ4v) is 3.09. The Morgan fingerprint density at radius 3 is 2.36 bits per heavy atom. The lowest BCUT2D eigenvalue weighted by Gasteiger charge is -2.23. The molecular formula is C22H31ClN2O3. The van der Waals surface area contributed by atoms with E-state index in [2.05, 4.69) is 29.7 Å². The highest BCUT2D eigenvalue weighted by molar-refractivity contribution is 5.85. The summed E-state index contributed by atoms with van der Waals surface area (Å²) in [6.07, 6.45) is 0.709. The summed E-state index contributed by atoms with van der Waals surface area (Å²) in [6.45, 7) is 4.65. The maximum atomic E-state index is 12.7. The molecule has 2 aromatic rings. The Hall–Kier alpha value is -2.24. The van der Waals surface area contributed by atoms with E-state index in [0.29, 0.717) is 24.5 Å². The second-order valence-electron chi connectivity index (χ2n) is 6.76. The number of rotatable bonds is 9. The molecule has 1 amide bonds. The van der Waals surface area contributed by atoms with E-state index in [4.69, 9.17) is 9.47 Å². The molecule has 0 saturated heterocycles. The summed E-state index contributed by atoms with van der Waals surface area (Å²) in [5.74, 6) is 1.24. The van der Waals surface area contributed by atoms with Crippen molar-refractivity contribution in [3.63, 3.8) is 0 Å². The molecule has 154 valence electrons. The summed E-state index contributed by atoms with van der Waals surface area (Å²) in [6, 6.07) is 13.9. The smallest absolute Gasteiger partial charge is 0.224 e. The van der Waals surface area contributed by atoms with Crippen LogP contribution in [0.3, 0.4) is 0 Å². The molecule has 0 aliphatic carbocycles. The van der Waals surface area contributed by atoms with E-state index in [0.717, 1.165) is 5.56 Å². The van der Waals surface area contributed by atoms with E-state index >= 15 is 0 Å². The van der Waals surface area contributed by atoms with Crippen LogP contribution >= 0.6 is 12.4 Å². The van der Waals surface area contributed by atoms with Crippen molar-refractivity contribution in [2.24, 2.45) is 5.92 Å². The molecule has 2 rings (SSSR count). The fraction of sp³-hybridized carbons (Fsp3) is 0.409. The molecule has 0 heterocycles. The van der Waals surface area contributed by atoms with Crippen molar-refractivity contribution in [1.29, 1.82) is 0 Å². The lowest BCUT2D eigenvalue weighted by molar-refractivity contribution is -0.125. The van der Waals surface area contributed by atoms with Crippen LogP contribution in [0, 0.1) is 12.8 Å². The van der Waals surface area contributed by atoms with Gasteiger partial charge in [-0.25, -0.2) is 0 Å². The van der Waals surface area contributed by atoms with Crippen LogP contribution in [-0.4, -0.2) is 33.7 Å². The Labute approximate surface area is 174 Å². The number of methoxy groups -OCH3 is 2. The first-order chi connectivity index (χ1) is 13.0. The van der Waals surface area contributed by atoms with Crippen LogP contribution in [0.15, 0.2) is 42.5 Å². The quantitative estimate of drug-likeness (QED) is 0.666. The van der Waals surface area contributed by atoms with Gasteiger partial charge in [-0.2, -0.15) is 0 Å². The molecule has 0 radical (unpaired) electrons. The number of hydrogen-bond donors (Lipinski definition) is 2. The largest absolute Gasteiger partial charge is 0.493 e. The lowest BCUT2D eigenvalue weighted by atomic mass is 9.95. The number of benzene rings is 2. The van der Waals surface area contributed by atoms with Crippen molar-refractivity contribution >= 4 is 18.3 Å². The minimum atomic E-state index is -0.155. The summed E-state index contributed by atoms with van der Waals surface area (Å²) in [5.41, 5.74) is 3.40. The van der Waals surface area contributed by atoms with Crippen molar-refractivity contribution in [1.82, 2.24) is 10.6 Å². The summed E-state index contributed by atoms with van der Waals surface area (Å²) in [7, 11) is 5.08.